The molecule has 0 aliphatic heterocycles. The van der Waals surface area contributed by atoms with Crippen LogP contribution in [-0.4, -0.2) is 23.9 Å². The number of benzene rings is 2. The summed E-state index contributed by atoms with van der Waals surface area (Å²) in [5, 5.41) is 14.5. The van der Waals surface area contributed by atoms with Crippen molar-refractivity contribution < 1.29 is 14.7 Å². The van der Waals surface area contributed by atoms with Crippen LogP contribution in [0.15, 0.2) is 50.5 Å². The zero-order chi connectivity index (χ0) is 16.8. The molecule has 0 fully saturated rings. The minimum atomic E-state index is -0.280. The molecule has 0 spiro atoms. The number of carbonyl (C=O) groups excluding carboxylic acids is 1. The SMILES string of the molecule is Cc1cccc(NC(=O)COc2c(Br)cc(Br)cc2/C=N/O)c1. The molecular weight excluding hydrogens is 428 g/mol. The van der Waals surface area contributed by atoms with E-state index in [-0.39, 0.29) is 12.5 Å². The number of carbonyl (C=O) groups is 1. The second kappa shape index (κ2) is 8.12. The van der Waals surface area contributed by atoms with Crippen LogP contribution >= 0.6 is 31.9 Å². The molecule has 2 N–H and O–H groups in total. The number of aryl methyl sites for hydroxylation is 1. The molecule has 2 aromatic rings. The number of ether oxygens (including phenoxy) is 1. The summed E-state index contributed by atoms with van der Waals surface area (Å²) >= 11 is 6.70. The Labute approximate surface area is 150 Å². The Kier molecular flexibility index (Phi) is 6.18. The molecule has 0 unspecified atom stereocenters. The van der Waals surface area contributed by atoms with Gasteiger partial charge < -0.3 is 15.3 Å². The second-order valence-corrected chi connectivity index (χ2v) is 6.53. The summed E-state index contributed by atoms with van der Waals surface area (Å²) in [6, 6.07) is 11.0. The van der Waals surface area contributed by atoms with E-state index >= 15 is 0 Å². The molecule has 23 heavy (non-hydrogen) atoms. The number of halogens is 2. The topological polar surface area (TPSA) is 70.9 Å². The monoisotopic (exact) mass is 440 g/mol. The Bertz CT molecular complexity index is 748. The van der Waals surface area contributed by atoms with Crippen LogP contribution < -0.4 is 10.1 Å². The van der Waals surface area contributed by atoms with Gasteiger partial charge in [-0.2, -0.15) is 0 Å². The van der Waals surface area contributed by atoms with Crippen molar-refractivity contribution in [2.45, 2.75) is 6.92 Å². The molecule has 5 nitrogen and oxygen atoms in total. The second-order valence-electron chi connectivity index (χ2n) is 4.76. The quantitative estimate of drug-likeness (QED) is 0.411. The fourth-order valence-electron chi connectivity index (χ4n) is 1.95. The van der Waals surface area contributed by atoms with Crippen LogP contribution in [0.5, 0.6) is 5.75 Å². The number of nitrogens with one attached hydrogen (secondary N) is 1. The van der Waals surface area contributed by atoms with Gasteiger partial charge in [0.25, 0.3) is 5.91 Å². The minimum Gasteiger partial charge on any atom is -0.482 e. The van der Waals surface area contributed by atoms with Gasteiger partial charge in [0.1, 0.15) is 5.75 Å². The van der Waals surface area contributed by atoms with Crippen LogP contribution in [0.4, 0.5) is 5.69 Å². The van der Waals surface area contributed by atoms with Crippen molar-refractivity contribution in [1.29, 1.82) is 0 Å². The molecular formula is C16H14Br2N2O3. The van der Waals surface area contributed by atoms with Crippen LogP contribution in [-0.2, 0) is 4.79 Å². The molecule has 0 aliphatic rings. The minimum absolute atomic E-state index is 0.166. The van der Waals surface area contributed by atoms with Gasteiger partial charge in [0.15, 0.2) is 6.61 Å². The third kappa shape index (κ3) is 5.07. The third-order valence-corrected chi connectivity index (χ3v) is 3.93. The Balaban J connectivity index is 2.07. The van der Waals surface area contributed by atoms with Gasteiger partial charge in [0.2, 0.25) is 0 Å². The van der Waals surface area contributed by atoms with E-state index in [0.29, 0.717) is 21.5 Å². The van der Waals surface area contributed by atoms with Crippen LogP contribution in [0.2, 0.25) is 0 Å². The zero-order valence-electron chi connectivity index (χ0n) is 12.2. The standard InChI is InChI=1S/C16H14Br2N2O3/c1-10-3-2-4-13(5-10)20-15(21)9-23-16-11(8-19-22)6-12(17)7-14(16)18/h2-8,22H,9H2,1H3,(H,20,21)/b19-8+. The van der Waals surface area contributed by atoms with E-state index in [0.717, 1.165) is 10.0 Å². The van der Waals surface area contributed by atoms with Gasteiger partial charge in [-0.1, -0.05) is 33.2 Å². The highest BCUT2D eigenvalue weighted by Crippen LogP contribution is 2.32. The fraction of sp³-hybridized carbons (Fsp3) is 0.125. The molecule has 7 heteroatoms. The van der Waals surface area contributed by atoms with Crippen LogP contribution in [0.1, 0.15) is 11.1 Å². The molecule has 0 heterocycles. The smallest absolute Gasteiger partial charge is 0.262 e. The summed E-state index contributed by atoms with van der Waals surface area (Å²) in [4.78, 5) is 12.0. The lowest BCUT2D eigenvalue weighted by molar-refractivity contribution is -0.118. The Morgan fingerprint density at radius 2 is 2.13 bits per heavy atom. The Morgan fingerprint density at radius 1 is 1.35 bits per heavy atom. The van der Waals surface area contributed by atoms with Gasteiger partial charge in [-0.3, -0.25) is 4.79 Å². The van der Waals surface area contributed by atoms with Crippen LogP contribution in [0, 0.1) is 6.92 Å². The number of oxime groups is 1. The first-order chi connectivity index (χ1) is 11.0. The van der Waals surface area contributed by atoms with Crippen LogP contribution in [0.3, 0.4) is 0 Å². The zero-order valence-corrected chi connectivity index (χ0v) is 15.4. The summed E-state index contributed by atoms with van der Waals surface area (Å²) in [5.74, 6) is 0.141. The highest BCUT2D eigenvalue weighted by Gasteiger charge is 2.11. The van der Waals surface area contributed by atoms with E-state index in [4.69, 9.17) is 9.94 Å². The number of rotatable bonds is 5. The van der Waals surface area contributed by atoms with Gasteiger partial charge in [-0.05, 0) is 52.7 Å². The highest BCUT2D eigenvalue weighted by molar-refractivity contribution is 9.11. The molecule has 2 rings (SSSR count). The predicted molar refractivity (Wildman–Crippen MR) is 96.5 cm³/mol. The number of anilines is 1. The van der Waals surface area contributed by atoms with Crippen molar-refractivity contribution in [2.24, 2.45) is 5.16 Å². The first-order valence-corrected chi connectivity index (χ1v) is 8.24. The number of nitrogens with zero attached hydrogens (tertiary/aromatic N) is 1. The number of amides is 1. The lowest BCUT2D eigenvalue weighted by Crippen LogP contribution is -2.20. The number of hydrogen-bond donors (Lipinski definition) is 2. The van der Waals surface area contributed by atoms with E-state index in [1.54, 1.807) is 12.1 Å². The lowest BCUT2D eigenvalue weighted by Gasteiger charge is -2.12. The van der Waals surface area contributed by atoms with E-state index in [1.165, 1.54) is 6.21 Å². The van der Waals surface area contributed by atoms with E-state index in [2.05, 4.69) is 42.3 Å². The van der Waals surface area contributed by atoms with Gasteiger partial charge >= 0.3 is 0 Å². The van der Waals surface area contributed by atoms with Gasteiger partial charge in [0.05, 0.1) is 10.7 Å². The molecule has 0 atom stereocenters. The maximum Gasteiger partial charge on any atom is 0.262 e. The van der Waals surface area contributed by atoms with Crippen LogP contribution in [0.25, 0.3) is 0 Å². The van der Waals surface area contributed by atoms with E-state index in [1.807, 2.05) is 31.2 Å². The summed E-state index contributed by atoms with van der Waals surface area (Å²) in [7, 11) is 0. The van der Waals surface area contributed by atoms with Crippen molar-refractivity contribution in [3.63, 3.8) is 0 Å². The maximum atomic E-state index is 12.0. The highest BCUT2D eigenvalue weighted by atomic mass is 79.9. The normalized spacial score (nSPS) is 10.7. The molecule has 1 amide bonds. The summed E-state index contributed by atoms with van der Waals surface area (Å²) in [6.07, 6.45) is 1.24. The van der Waals surface area contributed by atoms with Crippen molar-refractivity contribution in [1.82, 2.24) is 0 Å². The molecule has 2 aromatic carbocycles. The lowest BCUT2D eigenvalue weighted by atomic mass is 10.2. The average Bonchev–Trinajstić information content (AvgIpc) is 2.46. The maximum absolute atomic E-state index is 12.0. The third-order valence-electron chi connectivity index (χ3n) is 2.88. The summed E-state index contributed by atoms with van der Waals surface area (Å²) in [6.45, 7) is 1.78. The van der Waals surface area contributed by atoms with E-state index in [9.17, 15) is 4.79 Å². The Morgan fingerprint density at radius 3 is 2.83 bits per heavy atom. The molecule has 0 saturated carbocycles. The molecule has 0 aliphatic carbocycles. The van der Waals surface area contributed by atoms with Crippen molar-refractivity contribution in [3.05, 3.63) is 56.5 Å². The first-order valence-electron chi connectivity index (χ1n) is 6.65. The molecule has 120 valence electrons. The first kappa shape index (κ1) is 17.5. The fourth-order valence-corrected chi connectivity index (χ4v) is 3.32. The summed E-state index contributed by atoms with van der Waals surface area (Å²) < 4.78 is 6.99. The van der Waals surface area contributed by atoms with Crippen molar-refractivity contribution in [2.75, 3.05) is 11.9 Å². The molecule has 0 bridgehead atoms. The van der Waals surface area contributed by atoms with Crippen molar-refractivity contribution >= 4 is 49.7 Å². The molecule has 0 saturated heterocycles. The van der Waals surface area contributed by atoms with Gasteiger partial charge in [0, 0.05) is 15.7 Å². The molecule has 0 aromatic heterocycles. The van der Waals surface area contributed by atoms with Gasteiger partial charge in [-0.15, -0.1) is 0 Å². The molecule has 0 radical (unpaired) electrons. The average molecular weight is 442 g/mol. The largest absolute Gasteiger partial charge is 0.482 e. The van der Waals surface area contributed by atoms with Gasteiger partial charge in [-0.25, -0.2) is 0 Å². The number of hydrogen-bond acceptors (Lipinski definition) is 4. The predicted octanol–water partition coefficient (Wildman–Crippen LogP) is 4.35. The summed E-state index contributed by atoms with van der Waals surface area (Å²) in [5.41, 5.74) is 2.31. The Hall–Kier alpha value is -1.86. The van der Waals surface area contributed by atoms with Crippen molar-refractivity contribution in [3.8, 4) is 5.75 Å². The van der Waals surface area contributed by atoms with E-state index < -0.39 is 0 Å².